The van der Waals surface area contributed by atoms with E-state index in [2.05, 4.69) is 10.0 Å². The Kier molecular flexibility index (Phi) is 4.41. The second-order valence-electron chi connectivity index (χ2n) is 4.26. The van der Waals surface area contributed by atoms with Crippen molar-refractivity contribution in [3.05, 3.63) is 40.3 Å². The van der Waals surface area contributed by atoms with Crippen LogP contribution in [0.2, 0.25) is 0 Å². The van der Waals surface area contributed by atoms with Crippen LogP contribution < -0.4 is 10.0 Å². The molecule has 0 bridgehead atoms. The van der Waals surface area contributed by atoms with E-state index < -0.39 is 10.0 Å². The van der Waals surface area contributed by atoms with Crippen LogP contribution in [0.3, 0.4) is 0 Å². The summed E-state index contributed by atoms with van der Waals surface area (Å²) < 4.78 is 28.7. The molecule has 19 heavy (non-hydrogen) atoms. The number of hydrogen-bond acceptors (Lipinski definition) is 4. The molecule has 0 saturated heterocycles. The van der Waals surface area contributed by atoms with Crippen LogP contribution in [0.4, 0.5) is 0 Å². The van der Waals surface area contributed by atoms with E-state index >= 15 is 0 Å². The van der Waals surface area contributed by atoms with Gasteiger partial charge in [0.2, 0.25) is 10.0 Å². The number of hydrogen-bond donors (Lipinski definition) is 2. The molecule has 104 valence electrons. The monoisotopic (exact) mass is 299 g/mol. The van der Waals surface area contributed by atoms with Gasteiger partial charge in [0.25, 0.3) is 0 Å². The molecular weight excluding hydrogens is 282 g/mol. The number of nitrogens with one attached hydrogen (secondary N) is 2. The smallest absolute Gasteiger partial charge is 0.242 e. The number of aromatic nitrogens is 1. The van der Waals surface area contributed by atoms with E-state index in [4.69, 9.17) is 0 Å². The van der Waals surface area contributed by atoms with E-state index in [1.165, 1.54) is 0 Å². The third-order valence-electron chi connectivity index (χ3n) is 2.80. The molecule has 0 amide bonds. The van der Waals surface area contributed by atoms with Crippen LogP contribution in [-0.2, 0) is 30.2 Å². The second kappa shape index (κ2) is 5.87. The SMILES string of the molecule is CNCc1cc(S(=O)(=O)NCc2ccsc2)cn1C. The first kappa shape index (κ1) is 14.3. The van der Waals surface area contributed by atoms with Crippen molar-refractivity contribution < 1.29 is 8.42 Å². The fourth-order valence-electron chi connectivity index (χ4n) is 1.74. The minimum atomic E-state index is -3.45. The quantitative estimate of drug-likeness (QED) is 0.845. The standard InChI is InChI=1S/C12H17N3O2S2/c1-13-7-11-5-12(8-15(11)2)19(16,17)14-6-10-3-4-18-9-10/h3-5,8-9,13-14H,6-7H2,1-2H3. The van der Waals surface area contributed by atoms with Gasteiger partial charge in [0.1, 0.15) is 0 Å². The normalized spacial score (nSPS) is 11.9. The summed E-state index contributed by atoms with van der Waals surface area (Å²) in [5, 5.41) is 6.87. The van der Waals surface area contributed by atoms with Crippen LogP contribution in [0.1, 0.15) is 11.3 Å². The lowest BCUT2D eigenvalue weighted by Gasteiger charge is -2.03. The molecule has 0 radical (unpaired) electrons. The number of sulfonamides is 1. The highest BCUT2D eigenvalue weighted by Crippen LogP contribution is 2.14. The van der Waals surface area contributed by atoms with Gasteiger partial charge in [-0.2, -0.15) is 11.3 Å². The maximum Gasteiger partial charge on any atom is 0.242 e. The highest BCUT2D eigenvalue weighted by molar-refractivity contribution is 7.89. The molecule has 2 aromatic heterocycles. The summed E-state index contributed by atoms with van der Waals surface area (Å²) in [4.78, 5) is 0.301. The van der Waals surface area contributed by atoms with Gasteiger partial charge in [0.05, 0.1) is 4.90 Å². The topological polar surface area (TPSA) is 63.1 Å². The summed E-state index contributed by atoms with van der Waals surface area (Å²) >= 11 is 1.55. The van der Waals surface area contributed by atoms with Crippen LogP contribution in [0.15, 0.2) is 34.0 Å². The molecule has 0 aliphatic heterocycles. The summed E-state index contributed by atoms with van der Waals surface area (Å²) in [6.07, 6.45) is 1.63. The molecule has 2 rings (SSSR count). The Bertz CT molecular complexity index is 630. The predicted octanol–water partition coefficient (Wildman–Crippen LogP) is 1.28. The van der Waals surface area contributed by atoms with Gasteiger partial charge < -0.3 is 9.88 Å². The summed E-state index contributed by atoms with van der Waals surface area (Å²) in [5.74, 6) is 0. The lowest BCUT2D eigenvalue weighted by atomic mass is 10.4. The van der Waals surface area contributed by atoms with Gasteiger partial charge in [-0.1, -0.05) is 0 Å². The van der Waals surface area contributed by atoms with Crippen molar-refractivity contribution >= 4 is 21.4 Å². The Morgan fingerprint density at radius 3 is 2.79 bits per heavy atom. The Morgan fingerprint density at radius 2 is 2.16 bits per heavy atom. The molecular formula is C12H17N3O2S2. The van der Waals surface area contributed by atoms with Gasteiger partial charge in [0.15, 0.2) is 0 Å². The molecule has 0 unspecified atom stereocenters. The molecule has 0 saturated carbocycles. The van der Waals surface area contributed by atoms with Gasteiger partial charge in [-0.3, -0.25) is 0 Å². The molecule has 0 atom stereocenters. The lowest BCUT2D eigenvalue weighted by Crippen LogP contribution is -2.22. The summed E-state index contributed by atoms with van der Waals surface area (Å²) in [6.45, 7) is 0.957. The van der Waals surface area contributed by atoms with Gasteiger partial charge >= 0.3 is 0 Å². The molecule has 0 aliphatic rings. The van der Waals surface area contributed by atoms with E-state index in [1.54, 1.807) is 23.6 Å². The molecule has 2 aromatic rings. The second-order valence-corrected chi connectivity index (χ2v) is 6.81. The van der Waals surface area contributed by atoms with E-state index in [-0.39, 0.29) is 0 Å². The van der Waals surface area contributed by atoms with Crippen molar-refractivity contribution in [2.75, 3.05) is 7.05 Å². The van der Waals surface area contributed by atoms with Crippen LogP contribution in [0, 0.1) is 0 Å². The largest absolute Gasteiger partial charge is 0.352 e. The van der Waals surface area contributed by atoms with Crippen molar-refractivity contribution in [2.24, 2.45) is 7.05 Å². The minimum absolute atomic E-state index is 0.301. The Labute approximate surface area is 117 Å². The molecule has 0 aromatic carbocycles. The number of thiophene rings is 1. The van der Waals surface area contributed by atoms with Crippen molar-refractivity contribution in [3.8, 4) is 0 Å². The fraction of sp³-hybridized carbons (Fsp3) is 0.333. The van der Waals surface area contributed by atoms with Gasteiger partial charge in [-0.25, -0.2) is 13.1 Å². The Balaban J connectivity index is 2.12. The van der Waals surface area contributed by atoms with E-state index in [0.29, 0.717) is 18.0 Å². The molecule has 2 N–H and O–H groups in total. The predicted molar refractivity (Wildman–Crippen MR) is 76.5 cm³/mol. The lowest BCUT2D eigenvalue weighted by molar-refractivity contribution is 0.581. The summed E-state index contributed by atoms with van der Waals surface area (Å²) in [7, 11) is 0.217. The van der Waals surface area contributed by atoms with Crippen LogP contribution in [0.5, 0.6) is 0 Å². The molecule has 2 heterocycles. The number of nitrogens with zero attached hydrogens (tertiary/aromatic N) is 1. The molecule has 0 aliphatic carbocycles. The van der Waals surface area contributed by atoms with E-state index in [1.807, 2.05) is 35.5 Å². The zero-order chi connectivity index (χ0) is 13.9. The molecule has 0 spiro atoms. The average molecular weight is 299 g/mol. The first-order chi connectivity index (χ1) is 9.03. The van der Waals surface area contributed by atoms with Gasteiger partial charge in [-0.05, 0) is 35.5 Å². The first-order valence-corrected chi connectivity index (χ1v) is 8.26. The first-order valence-electron chi connectivity index (χ1n) is 5.83. The summed E-state index contributed by atoms with van der Waals surface area (Å²) in [6, 6.07) is 3.59. The molecule has 5 nitrogen and oxygen atoms in total. The Morgan fingerprint density at radius 1 is 1.37 bits per heavy atom. The van der Waals surface area contributed by atoms with Gasteiger partial charge in [-0.15, -0.1) is 0 Å². The maximum atomic E-state index is 12.2. The third kappa shape index (κ3) is 3.44. The van der Waals surface area contributed by atoms with Crippen molar-refractivity contribution in [2.45, 2.75) is 18.0 Å². The average Bonchev–Trinajstić information content (AvgIpc) is 2.98. The van der Waals surface area contributed by atoms with E-state index in [0.717, 1.165) is 11.3 Å². The number of aryl methyl sites for hydroxylation is 1. The molecule has 7 heteroatoms. The highest BCUT2D eigenvalue weighted by atomic mass is 32.2. The zero-order valence-corrected chi connectivity index (χ0v) is 12.5. The van der Waals surface area contributed by atoms with Crippen LogP contribution >= 0.6 is 11.3 Å². The summed E-state index contributed by atoms with van der Waals surface area (Å²) in [5.41, 5.74) is 1.90. The van der Waals surface area contributed by atoms with E-state index in [9.17, 15) is 8.42 Å². The van der Waals surface area contributed by atoms with Gasteiger partial charge in [0, 0.05) is 32.0 Å². The third-order valence-corrected chi connectivity index (χ3v) is 4.90. The number of rotatable bonds is 6. The minimum Gasteiger partial charge on any atom is -0.352 e. The highest BCUT2D eigenvalue weighted by Gasteiger charge is 2.17. The van der Waals surface area contributed by atoms with Crippen LogP contribution in [0.25, 0.3) is 0 Å². The van der Waals surface area contributed by atoms with Crippen molar-refractivity contribution in [3.63, 3.8) is 0 Å². The van der Waals surface area contributed by atoms with Crippen molar-refractivity contribution in [1.29, 1.82) is 0 Å². The maximum absolute atomic E-state index is 12.2. The zero-order valence-electron chi connectivity index (χ0n) is 10.9. The fourth-order valence-corrected chi connectivity index (χ4v) is 3.52. The Hall–Kier alpha value is -1.15. The molecule has 0 fully saturated rings. The van der Waals surface area contributed by atoms with Crippen molar-refractivity contribution in [1.82, 2.24) is 14.6 Å². The van der Waals surface area contributed by atoms with Crippen LogP contribution in [-0.4, -0.2) is 20.0 Å².